The van der Waals surface area contributed by atoms with Crippen LogP contribution < -0.4 is 4.90 Å². The normalized spacial score (nSPS) is 20.6. The van der Waals surface area contributed by atoms with Gasteiger partial charge in [-0.05, 0) is 30.9 Å². The van der Waals surface area contributed by atoms with Crippen LogP contribution in [-0.4, -0.2) is 37.5 Å². The van der Waals surface area contributed by atoms with Crippen molar-refractivity contribution in [2.75, 3.05) is 31.2 Å². The third kappa shape index (κ3) is 3.24. The number of β-amino-alcohol motifs (C(OH)–C–C–N with tert-alkyl or cyclic N) is 1. The highest BCUT2D eigenvalue weighted by Gasteiger charge is 2.22. The predicted molar refractivity (Wildman–Crippen MR) is 74.0 cm³/mol. The summed E-state index contributed by atoms with van der Waals surface area (Å²) < 4.78 is 5.27. The molecular weight excluding hydrogens is 226 g/mol. The maximum Gasteiger partial charge on any atom is 0.0947 e. The van der Waals surface area contributed by atoms with Crippen molar-refractivity contribution in [1.82, 2.24) is 0 Å². The van der Waals surface area contributed by atoms with Gasteiger partial charge in [0.2, 0.25) is 0 Å². The van der Waals surface area contributed by atoms with Gasteiger partial charge in [-0.15, -0.1) is 0 Å². The number of anilines is 1. The van der Waals surface area contributed by atoms with Crippen molar-refractivity contribution in [1.29, 1.82) is 0 Å². The number of para-hydroxylation sites is 1. The van der Waals surface area contributed by atoms with Crippen LogP contribution in [0.2, 0.25) is 0 Å². The molecule has 0 bridgehead atoms. The summed E-state index contributed by atoms with van der Waals surface area (Å²) in [7, 11) is 0. The molecule has 1 heterocycles. The van der Waals surface area contributed by atoms with Crippen LogP contribution in [0, 0.1) is 5.92 Å². The Morgan fingerprint density at radius 2 is 2.22 bits per heavy atom. The molecule has 1 aliphatic heterocycles. The molecule has 18 heavy (non-hydrogen) atoms. The van der Waals surface area contributed by atoms with Crippen molar-refractivity contribution in [3.05, 3.63) is 29.8 Å². The van der Waals surface area contributed by atoms with E-state index in [0.717, 1.165) is 13.0 Å². The fourth-order valence-electron chi connectivity index (χ4n) is 2.64. The van der Waals surface area contributed by atoms with Crippen LogP contribution in [-0.2, 0) is 11.2 Å². The van der Waals surface area contributed by atoms with Crippen molar-refractivity contribution in [3.63, 3.8) is 0 Å². The van der Waals surface area contributed by atoms with Crippen LogP contribution in [0.5, 0.6) is 0 Å². The lowest BCUT2D eigenvalue weighted by Crippen LogP contribution is -2.40. The fourth-order valence-corrected chi connectivity index (χ4v) is 2.64. The van der Waals surface area contributed by atoms with E-state index in [4.69, 9.17) is 4.74 Å². The Kier molecular flexibility index (Phi) is 4.61. The molecule has 3 nitrogen and oxygen atoms in total. The SMILES string of the molecule is CCOCC(O)CN1CC(C)Cc2ccccc21. The van der Waals surface area contributed by atoms with E-state index >= 15 is 0 Å². The van der Waals surface area contributed by atoms with Gasteiger partial charge in [-0.2, -0.15) is 0 Å². The average Bonchev–Trinajstić information content (AvgIpc) is 2.36. The largest absolute Gasteiger partial charge is 0.389 e. The van der Waals surface area contributed by atoms with Gasteiger partial charge in [0, 0.05) is 25.4 Å². The summed E-state index contributed by atoms with van der Waals surface area (Å²) in [5.74, 6) is 0.638. The lowest BCUT2D eigenvalue weighted by atomic mass is 9.94. The number of aliphatic hydroxyl groups is 1. The van der Waals surface area contributed by atoms with Crippen molar-refractivity contribution >= 4 is 5.69 Å². The highest BCUT2D eigenvalue weighted by molar-refractivity contribution is 5.55. The maximum atomic E-state index is 9.98. The Morgan fingerprint density at radius 1 is 1.44 bits per heavy atom. The summed E-state index contributed by atoms with van der Waals surface area (Å²) in [6, 6.07) is 8.49. The summed E-state index contributed by atoms with van der Waals surface area (Å²) in [5, 5.41) is 9.98. The summed E-state index contributed by atoms with van der Waals surface area (Å²) in [6.07, 6.45) is 0.720. The standard InChI is InChI=1S/C15H23NO2/c1-3-18-11-14(17)10-16-9-12(2)8-13-6-4-5-7-15(13)16/h4-7,12,14,17H,3,8-11H2,1-2H3. The van der Waals surface area contributed by atoms with Crippen molar-refractivity contribution in [3.8, 4) is 0 Å². The molecule has 0 saturated heterocycles. The summed E-state index contributed by atoms with van der Waals surface area (Å²) in [4.78, 5) is 2.28. The topological polar surface area (TPSA) is 32.7 Å². The number of rotatable bonds is 5. The smallest absolute Gasteiger partial charge is 0.0947 e. The lowest BCUT2D eigenvalue weighted by Gasteiger charge is -2.36. The monoisotopic (exact) mass is 249 g/mol. The molecule has 0 amide bonds. The Balaban J connectivity index is 2.04. The second-order valence-corrected chi connectivity index (χ2v) is 5.16. The second kappa shape index (κ2) is 6.21. The first-order chi connectivity index (χ1) is 8.70. The third-order valence-corrected chi connectivity index (χ3v) is 3.38. The van der Waals surface area contributed by atoms with Gasteiger partial charge in [0.1, 0.15) is 0 Å². The molecule has 1 aliphatic rings. The molecule has 0 saturated carbocycles. The summed E-state index contributed by atoms with van der Waals surface area (Å²) in [6.45, 7) is 6.96. The Hall–Kier alpha value is -1.06. The fraction of sp³-hybridized carbons (Fsp3) is 0.600. The minimum atomic E-state index is -0.414. The number of hydrogen-bond acceptors (Lipinski definition) is 3. The van der Waals surface area contributed by atoms with Crippen molar-refractivity contribution in [2.45, 2.75) is 26.4 Å². The molecule has 3 heteroatoms. The summed E-state index contributed by atoms with van der Waals surface area (Å²) in [5.41, 5.74) is 2.66. The predicted octanol–water partition coefficient (Wildman–Crippen LogP) is 2.08. The number of fused-ring (bicyclic) bond motifs is 1. The third-order valence-electron chi connectivity index (χ3n) is 3.38. The molecule has 2 unspecified atom stereocenters. The second-order valence-electron chi connectivity index (χ2n) is 5.16. The van der Waals surface area contributed by atoms with Gasteiger partial charge < -0.3 is 14.7 Å². The van der Waals surface area contributed by atoms with Crippen LogP contribution in [0.15, 0.2) is 24.3 Å². The number of ether oxygens (including phenoxy) is 1. The van der Waals surface area contributed by atoms with Gasteiger partial charge in [0.15, 0.2) is 0 Å². The zero-order chi connectivity index (χ0) is 13.0. The van der Waals surface area contributed by atoms with Crippen LogP contribution in [0.1, 0.15) is 19.4 Å². The molecule has 1 N–H and O–H groups in total. The van der Waals surface area contributed by atoms with Gasteiger partial charge in [0.25, 0.3) is 0 Å². The molecule has 1 aromatic rings. The van der Waals surface area contributed by atoms with E-state index < -0.39 is 6.10 Å². The Morgan fingerprint density at radius 3 is 3.00 bits per heavy atom. The molecule has 0 spiro atoms. The van der Waals surface area contributed by atoms with Crippen LogP contribution >= 0.6 is 0 Å². The van der Waals surface area contributed by atoms with E-state index in [1.54, 1.807) is 0 Å². The van der Waals surface area contributed by atoms with Crippen LogP contribution in [0.3, 0.4) is 0 Å². The number of benzene rings is 1. The molecule has 100 valence electrons. The highest BCUT2D eigenvalue weighted by atomic mass is 16.5. The molecule has 2 rings (SSSR count). The highest BCUT2D eigenvalue weighted by Crippen LogP contribution is 2.29. The maximum absolute atomic E-state index is 9.98. The minimum absolute atomic E-state index is 0.414. The lowest BCUT2D eigenvalue weighted by molar-refractivity contribution is 0.0459. The summed E-state index contributed by atoms with van der Waals surface area (Å²) >= 11 is 0. The van der Waals surface area contributed by atoms with Gasteiger partial charge in [-0.25, -0.2) is 0 Å². The average molecular weight is 249 g/mol. The van der Waals surface area contributed by atoms with Gasteiger partial charge in [-0.1, -0.05) is 25.1 Å². The van der Waals surface area contributed by atoms with Gasteiger partial charge >= 0.3 is 0 Å². The molecule has 0 aliphatic carbocycles. The van der Waals surface area contributed by atoms with Crippen molar-refractivity contribution < 1.29 is 9.84 Å². The zero-order valence-electron chi connectivity index (χ0n) is 11.3. The molecule has 0 radical (unpaired) electrons. The Labute approximate surface area is 109 Å². The van der Waals surface area contributed by atoms with Gasteiger partial charge in [0.05, 0.1) is 12.7 Å². The van der Waals surface area contributed by atoms with E-state index in [1.165, 1.54) is 11.3 Å². The minimum Gasteiger partial charge on any atom is -0.389 e. The first-order valence-corrected chi connectivity index (χ1v) is 6.79. The Bertz CT molecular complexity index is 381. The first kappa shape index (κ1) is 13.4. The number of aliphatic hydroxyl groups excluding tert-OH is 1. The molecule has 1 aromatic carbocycles. The van der Waals surface area contributed by atoms with E-state index in [1.807, 2.05) is 6.92 Å². The molecule has 0 fully saturated rings. The number of nitrogens with zero attached hydrogens (tertiary/aromatic N) is 1. The van der Waals surface area contributed by atoms with Crippen LogP contribution in [0.25, 0.3) is 0 Å². The number of hydrogen-bond donors (Lipinski definition) is 1. The molecular formula is C15H23NO2. The van der Waals surface area contributed by atoms with Gasteiger partial charge in [-0.3, -0.25) is 0 Å². The molecule has 2 atom stereocenters. The quantitative estimate of drug-likeness (QED) is 0.867. The van der Waals surface area contributed by atoms with E-state index in [2.05, 4.69) is 36.1 Å². The zero-order valence-corrected chi connectivity index (χ0v) is 11.3. The molecule has 0 aromatic heterocycles. The van der Waals surface area contributed by atoms with E-state index in [-0.39, 0.29) is 0 Å². The van der Waals surface area contributed by atoms with Crippen molar-refractivity contribution in [2.24, 2.45) is 5.92 Å². The van der Waals surface area contributed by atoms with E-state index in [9.17, 15) is 5.11 Å². The van der Waals surface area contributed by atoms with E-state index in [0.29, 0.717) is 25.7 Å². The first-order valence-electron chi connectivity index (χ1n) is 6.79. The van der Waals surface area contributed by atoms with Crippen LogP contribution in [0.4, 0.5) is 5.69 Å².